The third-order valence-electron chi connectivity index (χ3n) is 1.76. The molecule has 0 fully saturated rings. The maximum Gasteiger partial charge on any atom is 0.306 e. The van der Waals surface area contributed by atoms with Crippen LogP contribution >= 0.6 is 0 Å². The maximum absolute atomic E-state index is 10.5. The zero-order valence-electron chi connectivity index (χ0n) is 7.69. The van der Waals surface area contributed by atoms with Crippen LogP contribution in [0.2, 0.25) is 0 Å². The minimum atomic E-state index is -0.815. The van der Waals surface area contributed by atoms with Crippen LogP contribution in [0.5, 0.6) is 0 Å². The molecule has 0 aliphatic rings. The third-order valence-corrected chi connectivity index (χ3v) is 1.76. The molecule has 1 unspecified atom stereocenters. The Balaban J connectivity index is 2.69. The largest absolute Gasteiger partial charge is 0.481 e. The van der Waals surface area contributed by atoms with E-state index >= 15 is 0 Å². The van der Waals surface area contributed by atoms with Gasteiger partial charge < -0.3 is 5.11 Å². The average molecular weight is 180 g/mol. The number of aryl methyl sites for hydroxylation is 1. The van der Waals surface area contributed by atoms with Gasteiger partial charge in [0.05, 0.1) is 5.92 Å². The summed E-state index contributed by atoms with van der Waals surface area (Å²) in [5.74, 6) is -0.651. The van der Waals surface area contributed by atoms with Crippen molar-refractivity contribution in [1.29, 1.82) is 0 Å². The number of carboxylic acid groups (broad SMARTS) is 1. The number of rotatable bonds is 3. The van der Waals surface area contributed by atoms with Crippen LogP contribution in [-0.4, -0.2) is 21.0 Å². The Morgan fingerprint density at radius 3 is 2.92 bits per heavy atom. The summed E-state index contributed by atoms with van der Waals surface area (Å²) in [5, 5.41) is 8.66. The fraction of sp³-hybridized carbons (Fsp3) is 0.444. The number of aliphatic carboxylic acids is 1. The molecule has 0 radical (unpaired) electrons. The number of hydrogen-bond donors (Lipinski definition) is 1. The quantitative estimate of drug-likeness (QED) is 0.755. The van der Waals surface area contributed by atoms with Gasteiger partial charge in [0, 0.05) is 18.3 Å². The van der Waals surface area contributed by atoms with E-state index in [1.54, 1.807) is 19.2 Å². The number of hydrogen-bond acceptors (Lipinski definition) is 3. The Bertz CT molecular complexity index is 312. The van der Waals surface area contributed by atoms with Crippen LogP contribution in [0.4, 0.5) is 0 Å². The van der Waals surface area contributed by atoms with Crippen molar-refractivity contribution >= 4 is 5.97 Å². The molecule has 1 N–H and O–H groups in total. The molecule has 70 valence electrons. The summed E-state index contributed by atoms with van der Waals surface area (Å²) in [6, 6.07) is 1.79. The SMILES string of the molecule is Cc1ccnc(CC(C)C(=O)O)n1. The standard InChI is InChI=1S/C9H12N2O2/c1-6(9(12)13)5-8-10-4-3-7(2)11-8/h3-4,6H,5H2,1-2H3,(H,12,13). The van der Waals surface area contributed by atoms with E-state index < -0.39 is 11.9 Å². The van der Waals surface area contributed by atoms with Crippen LogP contribution in [0.3, 0.4) is 0 Å². The first-order valence-corrected chi connectivity index (χ1v) is 4.11. The monoisotopic (exact) mass is 180 g/mol. The molecule has 0 aliphatic heterocycles. The molecule has 1 heterocycles. The molecule has 0 bridgehead atoms. The van der Waals surface area contributed by atoms with Gasteiger partial charge >= 0.3 is 5.97 Å². The molecule has 0 aromatic carbocycles. The van der Waals surface area contributed by atoms with Crippen molar-refractivity contribution in [1.82, 2.24) is 9.97 Å². The van der Waals surface area contributed by atoms with E-state index in [2.05, 4.69) is 9.97 Å². The number of nitrogens with zero attached hydrogens (tertiary/aromatic N) is 2. The van der Waals surface area contributed by atoms with Crippen molar-refractivity contribution in [2.24, 2.45) is 5.92 Å². The van der Waals surface area contributed by atoms with E-state index in [4.69, 9.17) is 5.11 Å². The lowest BCUT2D eigenvalue weighted by Crippen LogP contribution is -2.14. The summed E-state index contributed by atoms with van der Waals surface area (Å²) in [6.45, 7) is 3.50. The highest BCUT2D eigenvalue weighted by molar-refractivity contribution is 5.69. The molecule has 1 atom stereocenters. The molecule has 0 saturated heterocycles. The van der Waals surface area contributed by atoms with Gasteiger partial charge in [0.15, 0.2) is 0 Å². The minimum absolute atomic E-state index is 0.386. The molecule has 0 spiro atoms. The first kappa shape index (κ1) is 9.64. The lowest BCUT2D eigenvalue weighted by atomic mass is 10.1. The first-order chi connectivity index (χ1) is 6.09. The normalized spacial score (nSPS) is 12.5. The van der Waals surface area contributed by atoms with Crippen molar-refractivity contribution in [3.8, 4) is 0 Å². The molecule has 13 heavy (non-hydrogen) atoms. The fourth-order valence-corrected chi connectivity index (χ4v) is 0.960. The molecule has 1 aromatic heterocycles. The Labute approximate surface area is 76.7 Å². The highest BCUT2D eigenvalue weighted by atomic mass is 16.4. The minimum Gasteiger partial charge on any atom is -0.481 e. The second-order valence-electron chi connectivity index (χ2n) is 3.06. The average Bonchev–Trinajstić information content (AvgIpc) is 2.04. The van der Waals surface area contributed by atoms with Gasteiger partial charge in [-0.15, -0.1) is 0 Å². The first-order valence-electron chi connectivity index (χ1n) is 4.11. The summed E-state index contributed by atoms with van der Waals surface area (Å²) in [6.07, 6.45) is 2.03. The highest BCUT2D eigenvalue weighted by Crippen LogP contribution is 2.04. The lowest BCUT2D eigenvalue weighted by molar-refractivity contribution is -0.141. The molecule has 4 nitrogen and oxygen atoms in total. The van der Waals surface area contributed by atoms with Crippen molar-refractivity contribution in [3.05, 3.63) is 23.8 Å². The van der Waals surface area contributed by atoms with Gasteiger partial charge in [-0.05, 0) is 13.0 Å². The molecule has 0 amide bonds. The molecule has 1 aromatic rings. The number of carbonyl (C=O) groups is 1. The second kappa shape index (κ2) is 3.98. The summed E-state index contributed by atoms with van der Waals surface area (Å²) in [5.41, 5.74) is 0.864. The zero-order chi connectivity index (χ0) is 9.84. The summed E-state index contributed by atoms with van der Waals surface area (Å²) < 4.78 is 0. The maximum atomic E-state index is 10.5. The third kappa shape index (κ3) is 2.82. The van der Waals surface area contributed by atoms with Crippen LogP contribution in [0.25, 0.3) is 0 Å². The van der Waals surface area contributed by atoms with Gasteiger partial charge in [-0.1, -0.05) is 6.92 Å². The van der Waals surface area contributed by atoms with Gasteiger partial charge in [-0.2, -0.15) is 0 Å². The van der Waals surface area contributed by atoms with Crippen LogP contribution in [-0.2, 0) is 11.2 Å². The van der Waals surface area contributed by atoms with E-state index in [1.807, 2.05) is 6.92 Å². The van der Waals surface area contributed by atoms with Crippen LogP contribution in [0.1, 0.15) is 18.4 Å². The van der Waals surface area contributed by atoms with Crippen molar-refractivity contribution in [2.75, 3.05) is 0 Å². The number of aromatic nitrogens is 2. The summed E-state index contributed by atoms with van der Waals surface area (Å²) in [7, 11) is 0. The van der Waals surface area contributed by atoms with Crippen LogP contribution in [0.15, 0.2) is 12.3 Å². The van der Waals surface area contributed by atoms with Crippen molar-refractivity contribution in [2.45, 2.75) is 20.3 Å². The fourth-order valence-electron chi connectivity index (χ4n) is 0.960. The Kier molecular flexibility index (Phi) is 2.95. The van der Waals surface area contributed by atoms with Gasteiger partial charge in [-0.25, -0.2) is 9.97 Å². The van der Waals surface area contributed by atoms with Gasteiger partial charge in [0.25, 0.3) is 0 Å². The Hall–Kier alpha value is -1.45. The predicted molar refractivity (Wildman–Crippen MR) is 47.3 cm³/mol. The summed E-state index contributed by atoms with van der Waals surface area (Å²) >= 11 is 0. The van der Waals surface area contributed by atoms with Crippen molar-refractivity contribution in [3.63, 3.8) is 0 Å². The molecular formula is C9H12N2O2. The van der Waals surface area contributed by atoms with Crippen LogP contribution < -0.4 is 0 Å². The topological polar surface area (TPSA) is 63.1 Å². The molecular weight excluding hydrogens is 168 g/mol. The van der Waals surface area contributed by atoms with Crippen LogP contribution in [0, 0.1) is 12.8 Å². The molecule has 4 heteroatoms. The van der Waals surface area contributed by atoms with E-state index in [0.29, 0.717) is 12.2 Å². The van der Waals surface area contributed by atoms with Crippen molar-refractivity contribution < 1.29 is 9.90 Å². The molecule has 0 aliphatic carbocycles. The lowest BCUT2D eigenvalue weighted by Gasteiger charge is -2.04. The predicted octanol–water partition coefficient (Wildman–Crippen LogP) is 1.05. The molecule has 1 rings (SSSR count). The van der Waals surface area contributed by atoms with Gasteiger partial charge in [-0.3, -0.25) is 4.79 Å². The smallest absolute Gasteiger partial charge is 0.306 e. The zero-order valence-corrected chi connectivity index (χ0v) is 7.69. The Morgan fingerprint density at radius 1 is 1.69 bits per heavy atom. The number of carboxylic acids is 1. The van der Waals surface area contributed by atoms with Gasteiger partial charge in [0.1, 0.15) is 5.82 Å². The van der Waals surface area contributed by atoms with E-state index in [1.165, 1.54) is 0 Å². The second-order valence-corrected chi connectivity index (χ2v) is 3.06. The molecule has 0 saturated carbocycles. The van der Waals surface area contributed by atoms with E-state index in [-0.39, 0.29) is 0 Å². The van der Waals surface area contributed by atoms with Gasteiger partial charge in [0.2, 0.25) is 0 Å². The van der Waals surface area contributed by atoms with E-state index in [9.17, 15) is 4.79 Å². The van der Waals surface area contributed by atoms with E-state index in [0.717, 1.165) is 5.69 Å². The Morgan fingerprint density at radius 2 is 2.38 bits per heavy atom. The summed E-state index contributed by atoms with van der Waals surface area (Å²) in [4.78, 5) is 18.6. The highest BCUT2D eigenvalue weighted by Gasteiger charge is 2.12.